The van der Waals surface area contributed by atoms with Gasteiger partial charge in [-0.1, -0.05) is 18.2 Å². The quantitative estimate of drug-likeness (QED) is 0.821. The van der Waals surface area contributed by atoms with Crippen LogP contribution in [0.5, 0.6) is 0 Å². The van der Waals surface area contributed by atoms with Gasteiger partial charge in [0.1, 0.15) is 0 Å². The Kier molecular flexibility index (Phi) is 5.29. The maximum atomic E-state index is 12.7. The highest BCUT2D eigenvalue weighted by atomic mass is 32.2. The summed E-state index contributed by atoms with van der Waals surface area (Å²) in [4.78, 5) is 16.6. The van der Waals surface area contributed by atoms with Crippen LogP contribution >= 0.6 is 0 Å². The molecule has 0 aromatic heterocycles. The lowest BCUT2D eigenvalue weighted by atomic mass is 10.1. The van der Waals surface area contributed by atoms with Gasteiger partial charge in [0, 0.05) is 51.5 Å². The Hall–Kier alpha value is -2.38. The summed E-state index contributed by atoms with van der Waals surface area (Å²) in [5.74, 6) is -0.0629. The minimum absolute atomic E-state index is 0.0629. The molecule has 6 nitrogen and oxygen atoms in total. The number of benzene rings is 2. The van der Waals surface area contributed by atoms with Gasteiger partial charge in [-0.25, -0.2) is 8.42 Å². The predicted octanol–water partition coefficient (Wildman–Crippen LogP) is 1.90. The Morgan fingerprint density at radius 3 is 2.00 bits per heavy atom. The fraction of sp³-hybridized carbons (Fsp3) is 0.316. The molecule has 0 unspecified atom stereocenters. The van der Waals surface area contributed by atoms with Gasteiger partial charge in [0.05, 0.1) is 4.90 Å². The van der Waals surface area contributed by atoms with Crippen LogP contribution in [0.1, 0.15) is 10.4 Å². The molecule has 2 aromatic carbocycles. The second-order valence-corrected chi connectivity index (χ2v) is 8.39. The number of amides is 1. The molecule has 7 heteroatoms. The first kappa shape index (κ1) is 18.4. The average molecular weight is 373 g/mol. The third-order valence-corrected chi connectivity index (χ3v) is 6.45. The Labute approximate surface area is 154 Å². The van der Waals surface area contributed by atoms with E-state index in [1.807, 2.05) is 43.3 Å². The SMILES string of the molecule is CN(C)c1ccc(C(=O)N2CCN(S(=O)(=O)c3ccccc3)CC2)cc1. The molecule has 0 spiro atoms. The summed E-state index contributed by atoms with van der Waals surface area (Å²) >= 11 is 0. The normalized spacial score (nSPS) is 15.7. The number of hydrogen-bond acceptors (Lipinski definition) is 4. The van der Waals surface area contributed by atoms with Crippen molar-refractivity contribution in [2.75, 3.05) is 45.2 Å². The van der Waals surface area contributed by atoms with E-state index >= 15 is 0 Å². The van der Waals surface area contributed by atoms with Crippen LogP contribution in [0.15, 0.2) is 59.5 Å². The van der Waals surface area contributed by atoms with Crippen molar-refractivity contribution in [1.29, 1.82) is 0 Å². The lowest BCUT2D eigenvalue weighted by Gasteiger charge is -2.34. The van der Waals surface area contributed by atoms with Gasteiger partial charge in [0.25, 0.3) is 5.91 Å². The molecule has 1 saturated heterocycles. The van der Waals surface area contributed by atoms with E-state index < -0.39 is 10.0 Å². The molecule has 138 valence electrons. The molecule has 1 aliphatic heterocycles. The van der Waals surface area contributed by atoms with Gasteiger partial charge in [-0.2, -0.15) is 4.31 Å². The van der Waals surface area contributed by atoms with E-state index in [2.05, 4.69) is 0 Å². The summed E-state index contributed by atoms with van der Waals surface area (Å²) in [7, 11) is 0.394. The molecule has 26 heavy (non-hydrogen) atoms. The highest BCUT2D eigenvalue weighted by Crippen LogP contribution is 2.19. The third-order valence-electron chi connectivity index (χ3n) is 4.54. The van der Waals surface area contributed by atoms with Crippen molar-refractivity contribution in [2.24, 2.45) is 0 Å². The second kappa shape index (κ2) is 7.47. The number of piperazine rings is 1. The zero-order valence-electron chi connectivity index (χ0n) is 15.0. The van der Waals surface area contributed by atoms with Crippen LogP contribution in [-0.4, -0.2) is 63.8 Å². The Morgan fingerprint density at radius 2 is 1.46 bits per heavy atom. The van der Waals surface area contributed by atoms with E-state index in [1.54, 1.807) is 35.2 Å². The first-order chi connectivity index (χ1) is 12.4. The third kappa shape index (κ3) is 3.73. The molecule has 0 radical (unpaired) electrons. The second-order valence-electron chi connectivity index (χ2n) is 6.45. The zero-order valence-corrected chi connectivity index (χ0v) is 15.8. The molecule has 0 atom stereocenters. The van der Waals surface area contributed by atoms with E-state index in [1.165, 1.54) is 4.31 Å². The van der Waals surface area contributed by atoms with Crippen LogP contribution in [-0.2, 0) is 10.0 Å². The monoisotopic (exact) mass is 373 g/mol. The maximum absolute atomic E-state index is 12.7. The average Bonchev–Trinajstić information content (AvgIpc) is 2.68. The van der Waals surface area contributed by atoms with Crippen LogP contribution in [0.3, 0.4) is 0 Å². The molecule has 0 aliphatic carbocycles. The van der Waals surface area contributed by atoms with E-state index in [0.29, 0.717) is 36.6 Å². The van der Waals surface area contributed by atoms with Crippen molar-refractivity contribution in [3.05, 3.63) is 60.2 Å². The highest BCUT2D eigenvalue weighted by Gasteiger charge is 2.30. The van der Waals surface area contributed by atoms with Gasteiger partial charge in [-0.3, -0.25) is 4.79 Å². The fourth-order valence-corrected chi connectivity index (χ4v) is 4.40. The fourth-order valence-electron chi connectivity index (χ4n) is 2.96. The van der Waals surface area contributed by atoms with Crippen LogP contribution < -0.4 is 4.90 Å². The van der Waals surface area contributed by atoms with Gasteiger partial charge >= 0.3 is 0 Å². The molecule has 3 rings (SSSR count). The van der Waals surface area contributed by atoms with Gasteiger partial charge in [0.15, 0.2) is 0 Å². The van der Waals surface area contributed by atoms with Crippen LogP contribution in [0.25, 0.3) is 0 Å². The molecular weight excluding hydrogens is 350 g/mol. The summed E-state index contributed by atoms with van der Waals surface area (Å²) in [5.41, 5.74) is 1.65. The van der Waals surface area contributed by atoms with Crippen molar-refractivity contribution >= 4 is 21.6 Å². The molecule has 0 N–H and O–H groups in total. The van der Waals surface area contributed by atoms with Crippen LogP contribution in [0.2, 0.25) is 0 Å². The van der Waals surface area contributed by atoms with Gasteiger partial charge in [0.2, 0.25) is 10.0 Å². The summed E-state index contributed by atoms with van der Waals surface area (Å²) < 4.78 is 26.8. The first-order valence-corrected chi connectivity index (χ1v) is 9.95. The predicted molar refractivity (Wildman–Crippen MR) is 102 cm³/mol. The summed E-state index contributed by atoms with van der Waals surface area (Å²) in [6.45, 7) is 1.39. The van der Waals surface area contributed by atoms with E-state index in [9.17, 15) is 13.2 Å². The molecule has 1 fully saturated rings. The Morgan fingerprint density at radius 1 is 0.885 bits per heavy atom. The Bertz CT molecular complexity index is 857. The summed E-state index contributed by atoms with van der Waals surface area (Å²) in [6.07, 6.45) is 0. The molecule has 1 amide bonds. The van der Waals surface area contributed by atoms with Gasteiger partial charge < -0.3 is 9.80 Å². The van der Waals surface area contributed by atoms with Crippen molar-refractivity contribution in [2.45, 2.75) is 4.90 Å². The molecule has 1 heterocycles. The molecule has 2 aromatic rings. The van der Waals surface area contributed by atoms with E-state index in [0.717, 1.165) is 5.69 Å². The van der Waals surface area contributed by atoms with Gasteiger partial charge in [-0.15, -0.1) is 0 Å². The molecule has 0 saturated carbocycles. The Balaban J connectivity index is 1.65. The number of carbonyl (C=O) groups excluding carboxylic acids is 1. The molecular formula is C19H23N3O3S. The minimum atomic E-state index is -3.50. The van der Waals surface area contributed by atoms with E-state index in [4.69, 9.17) is 0 Å². The number of carbonyl (C=O) groups is 1. The van der Waals surface area contributed by atoms with Crippen molar-refractivity contribution in [3.8, 4) is 0 Å². The first-order valence-electron chi connectivity index (χ1n) is 8.51. The standard InChI is InChI=1S/C19H23N3O3S/c1-20(2)17-10-8-16(9-11-17)19(23)21-12-14-22(15-13-21)26(24,25)18-6-4-3-5-7-18/h3-11H,12-15H2,1-2H3. The lowest BCUT2D eigenvalue weighted by Crippen LogP contribution is -2.50. The van der Waals surface area contributed by atoms with Gasteiger partial charge in [-0.05, 0) is 36.4 Å². The van der Waals surface area contributed by atoms with Crippen LogP contribution in [0.4, 0.5) is 5.69 Å². The van der Waals surface area contributed by atoms with Crippen molar-refractivity contribution in [1.82, 2.24) is 9.21 Å². The zero-order chi connectivity index (χ0) is 18.7. The smallest absolute Gasteiger partial charge is 0.253 e. The number of nitrogens with zero attached hydrogens (tertiary/aromatic N) is 3. The summed E-state index contributed by atoms with van der Waals surface area (Å²) in [6, 6.07) is 15.8. The number of hydrogen-bond donors (Lipinski definition) is 0. The highest BCUT2D eigenvalue weighted by molar-refractivity contribution is 7.89. The maximum Gasteiger partial charge on any atom is 0.253 e. The topological polar surface area (TPSA) is 60.9 Å². The number of rotatable bonds is 4. The largest absolute Gasteiger partial charge is 0.378 e. The molecule has 0 bridgehead atoms. The van der Waals surface area contributed by atoms with E-state index in [-0.39, 0.29) is 5.91 Å². The molecule has 1 aliphatic rings. The van der Waals surface area contributed by atoms with Crippen molar-refractivity contribution < 1.29 is 13.2 Å². The van der Waals surface area contributed by atoms with Crippen LogP contribution in [0, 0.1) is 0 Å². The minimum Gasteiger partial charge on any atom is -0.378 e. The lowest BCUT2D eigenvalue weighted by molar-refractivity contribution is 0.0698. The van der Waals surface area contributed by atoms with Crippen molar-refractivity contribution in [3.63, 3.8) is 0 Å². The number of anilines is 1. The number of sulfonamides is 1. The summed E-state index contributed by atoms with van der Waals surface area (Å²) in [5, 5.41) is 0.